The molecule has 1 aliphatic carbocycles. The van der Waals surface area contributed by atoms with Gasteiger partial charge in [0.25, 0.3) is 0 Å². The number of rotatable bonds is 3. The molecule has 0 radical (unpaired) electrons. The van der Waals surface area contributed by atoms with Gasteiger partial charge in [0.15, 0.2) is 0 Å². The van der Waals surface area contributed by atoms with Gasteiger partial charge in [-0.1, -0.05) is 0 Å². The molecule has 0 spiro atoms. The Morgan fingerprint density at radius 2 is 2.13 bits per heavy atom. The first-order valence-corrected chi connectivity index (χ1v) is 5.44. The summed E-state index contributed by atoms with van der Waals surface area (Å²) < 4.78 is 0. The van der Waals surface area contributed by atoms with Crippen LogP contribution in [0, 0.1) is 0 Å². The normalized spacial score (nSPS) is 14.7. The van der Waals surface area contributed by atoms with Gasteiger partial charge in [-0.15, -0.1) is 0 Å². The van der Waals surface area contributed by atoms with E-state index in [1.54, 1.807) is 0 Å². The zero-order valence-electron chi connectivity index (χ0n) is 8.70. The fourth-order valence-electron chi connectivity index (χ4n) is 2.19. The lowest BCUT2D eigenvalue weighted by atomic mass is 9.89. The van der Waals surface area contributed by atoms with Crippen molar-refractivity contribution in [1.82, 2.24) is 4.98 Å². The van der Waals surface area contributed by atoms with Gasteiger partial charge in [-0.3, -0.25) is 9.78 Å². The predicted molar refractivity (Wildman–Crippen MR) is 56.8 cm³/mol. The number of aryl methyl sites for hydroxylation is 2. The van der Waals surface area contributed by atoms with Crippen molar-refractivity contribution in [2.24, 2.45) is 0 Å². The highest BCUT2D eigenvalue weighted by molar-refractivity contribution is 5.67. The molecule has 0 saturated carbocycles. The van der Waals surface area contributed by atoms with Crippen LogP contribution in [0.1, 0.15) is 36.0 Å². The van der Waals surface area contributed by atoms with E-state index in [1.165, 1.54) is 24.0 Å². The highest BCUT2D eigenvalue weighted by Gasteiger charge is 2.13. The van der Waals surface area contributed by atoms with Crippen molar-refractivity contribution < 1.29 is 9.90 Å². The first-order valence-electron chi connectivity index (χ1n) is 5.44. The number of hydrogen-bond donors (Lipinski definition) is 1. The largest absolute Gasteiger partial charge is 0.481 e. The molecule has 1 heterocycles. The number of carboxylic acid groups (broad SMARTS) is 1. The molecule has 80 valence electrons. The number of nitrogens with zero attached hydrogens (tertiary/aromatic N) is 1. The minimum Gasteiger partial charge on any atom is -0.481 e. The number of hydrogen-bond acceptors (Lipinski definition) is 2. The summed E-state index contributed by atoms with van der Waals surface area (Å²) in [5, 5.41) is 8.66. The van der Waals surface area contributed by atoms with Crippen LogP contribution in [-0.2, 0) is 24.1 Å². The van der Waals surface area contributed by atoms with E-state index in [9.17, 15) is 4.79 Å². The lowest BCUT2D eigenvalue weighted by Gasteiger charge is -2.18. The summed E-state index contributed by atoms with van der Waals surface area (Å²) >= 11 is 0. The Morgan fingerprint density at radius 1 is 1.33 bits per heavy atom. The van der Waals surface area contributed by atoms with Crippen molar-refractivity contribution in [3.8, 4) is 0 Å². The van der Waals surface area contributed by atoms with Crippen molar-refractivity contribution in [2.45, 2.75) is 38.5 Å². The van der Waals surface area contributed by atoms with Crippen LogP contribution in [0.5, 0.6) is 0 Å². The summed E-state index contributed by atoms with van der Waals surface area (Å²) in [6.07, 6.45) is 9.22. The zero-order chi connectivity index (χ0) is 10.7. The number of fused-ring (bicyclic) bond motifs is 1. The summed E-state index contributed by atoms with van der Waals surface area (Å²) in [5.41, 5.74) is 3.82. The molecule has 1 N–H and O–H groups in total. The lowest BCUT2D eigenvalue weighted by molar-refractivity contribution is -0.136. The molecule has 3 heteroatoms. The molecule has 1 aliphatic rings. The van der Waals surface area contributed by atoms with E-state index in [4.69, 9.17) is 5.11 Å². The summed E-state index contributed by atoms with van der Waals surface area (Å²) in [5.74, 6) is -0.733. The molecule has 1 aromatic rings. The quantitative estimate of drug-likeness (QED) is 0.820. The first kappa shape index (κ1) is 10.1. The maximum atomic E-state index is 10.5. The Balaban J connectivity index is 2.19. The van der Waals surface area contributed by atoms with Gasteiger partial charge in [-0.05, 0) is 48.8 Å². The second-order valence-corrected chi connectivity index (χ2v) is 4.04. The smallest absolute Gasteiger partial charge is 0.303 e. The van der Waals surface area contributed by atoms with Crippen LogP contribution in [-0.4, -0.2) is 16.1 Å². The lowest BCUT2D eigenvalue weighted by Crippen LogP contribution is -2.08. The molecule has 0 bridgehead atoms. The number of pyridine rings is 1. The summed E-state index contributed by atoms with van der Waals surface area (Å²) in [4.78, 5) is 14.7. The third-order valence-corrected chi connectivity index (χ3v) is 2.97. The van der Waals surface area contributed by atoms with Crippen LogP contribution in [0.4, 0.5) is 0 Å². The maximum absolute atomic E-state index is 10.5. The molecule has 0 unspecified atom stereocenters. The SMILES string of the molecule is O=C(O)CCc1cncc2c1CCCC2. The Labute approximate surface area is 89.2 Å². The van der Waals surface area contributed by atoms with Gasteiger partial charge in [0, 0.05) is 18.8 Å². The molecule has 2 rings (SSSR count). The minimum absolute atomic E-state index is 0.206. The number of aliphatic carboxylic acids is 1. The molecule has 3 nitrogen and oxygen atoms in total. The van der Waals surface area contributed by atoms with Crippen molar-refractivity contribution in [2.75, 3.05) is 0 Å². The van der Waals surface area contributed by atoms with Crippen LogP contribution >= 0.6 is 0 Å². The van der Waals surface area contributed by atoms with Crippen LogP contribution < -0.4 is 0 Å². The van der Waals surface area contributed by atoms with Gasteiger partial charge in [0.05, 0.1) is 0 Å². The highest BCUT2D eigenvalue weighted by atomic mass is 16.4. The molecular weight excluding hydrogens is 190 g/mol. The summed E-state index contributed by atoms with van der Waals surface area (Å²) in [6, 6.07) is 0. The van der Waals surface area contributed by atoms with Crippen LogP contribution in [0.2, 0.25) is 0 Å². The molecule has 1 aromatic heterocycles. The third kappa shape index (κ3) is 2.35. The highest BCUT2D eigenvalue weighted by Crippen LogP contribution is 2.24. The van der Waals surface area contributed by atoms with Crippen molar-refractivity contribution in [1.29, 1.82) is 0 Å². The van der Waals surface area contributed by atoms with Gasteiger partial charge >= 0.3 is 5.97 Å². The molecular formula is C12H15NO2. The summed E-state index contributed by atoms with van der Waals surface area (Å²) in [6.45, 7) is 0. The fraction of sp³-hybridized carbons (Fsp3) is 0.500. The molecule has 0 saturated heterocycles. The van der Waals surface area contributed by atoms with Crippen molar-refractivity contribution in [3.63, 3.8) is 0 Å². The van der Waals surface area contributed by atoms with Crippen LogP contribution in [0.3, 0.4) is 0 Å². The van der Waals surface area contributed by atoms with E-state index in [1.807, 2.05) is 12.4 Å². The number of aromatic nitrogens is 1. The monoisotopic (exact) mass is 205 g/mol. The van der Waals surface area contributed by atoms with Crippen LogP contribution in [0.15, 0.2) is 12.4 Å². The predicted octanol–water partition coefficient (Wildman–Crippen LogP) is 1.98. The average molecular weight is 205 g/mol. The second-order valence-electron chi connectivity index (χ2n) is 4.04. The van der Waals surface area contributed by atoms with Crippen LogP contribution in [0.25, 0.3) is 0 Å². The molecule has 0 atom stereocenters. The fourth-order valence-corrected chi connectivity index (χ4v) is 2.19. The van der Waals surface area contributed by atoms with Gasteiger partial charge < -0.3 is 5.11 Å². The molecule has 0 amide bonds. The first-order chi connectivity index (χ1) is 7.27. The Kier molecular flexibility index (Phi) is 2.99. The summed E-state index contributed by atoms with van der Waals surface area (Å²) in [7, 11) is 0. The maximum Gasteiger partial charge on any atom is 0.303 e. The number of carbonyl (C=O) groups is 1. The van der Waals surface area contributed by atoms with Gasteiger partial charge in [0.1, 0.15) is 0 Å². The van der Waals surface area contributed by atoms with Crippen molar-refractivity contribution >= 4 is 5.97 Å². The topological polar surface area (TPSA) is 50.2 Å². The Morgan fingerprint density at radius 3 is 2.93 bits per heavy atom. The van der Waals surface area contributed by atoms with Crippen molar-refractivity contribution in [3.05, 3.63) is 29.1 Å². The van der Waals surface area contributed by atoms with E-state index in [-0.39, 0.29) is 6.42 Å². The minimum atomic E-state index is -0.733. The van der Waals surface area contributed by atoms with Gasteiger partial charge in [-0.25, -0.2) is 0 Å². The zero-order valence-corrected chi connectivity index (χ0v) is 8.70. The molecule has 0 aliphatic heterocycles. The van der Waals surface area contributed by atoms with E-state index < -0.39 is 5.97 Å². The molecule has 15 heavy (non-hydrogen) atoms. The van der Waals surface area contributed by atoms with E-state index in [2.05, 4.69) is 4.98 Å². The van der Waals surface area contributed by atoms with Gasteiger partial charge in [0.2, 0.25) is 0 Å². The van der Waals surface area contributed by atoms with E-state index >= 15 is 0 Å². The molecule has 0 fully saturated rings. The average Bonchev–Trinajstić information content (AvgIpc) is 2.26. The molecule has 0 aromatic carbocycles. The number of carboxylic acids is 1. The standard InChI is InChI=1S/C12H15NO2/c14-12(15)6-5-10-8-13-7-9-3-1-2-4-11(9)10/h7-8H,1-6H2,(H,14,15). The Bertz CT molecular complexity index is 374. The van der Waals surface area contributed by atoms with Gasteiger partial charge in [-0.2, -0.15) is 0 Å². The third-order valence-electron chi connectivity index (χ3n) is 2.97. The second kappa shape index (κ2) is 4.43. The van der Waals surface area contributed by atoms with E-state index in [0.717, 1.165) is 18.4 Å². The Hall–Kier alpha value is -1.38. The van der Waals surface area contributed by atoms with E-state index in [0.29, 0.717) is 6.42 Å².